The number of oxime groups is 1. The Bertz CT molecular complexity index is 3180. The minimum Gasteiger partial charge on any atom is -0.477 e. The molecule has 0 spiro atoms. The van der Waals surface area contributed by atoms with E-state index in [1.807, 2.05) is 25.7 Å². The van der Waals surface area contributed by atoms with Gasteiger partial charge >= 0.3 is 12.1 Å². The van der Waals surface area contributed by atoms with Crippen LogP contribution in [0.5, 0.6) is 11.8 Å². The fourth-order valence-electron chi connectivity index (χ4n) is 10.9. The summed E-state index contributed by atoms with van der Waals surface area (Å²) in [5.41, 5.74) is -0.596. The summed E-state index contributed by atoms with van der Waals surface area (Å²) >= 11 is 0. The Morgan fingerprint density at radius 1 is 0.958 bits per heavy atom. The molecular weight excluding hydrogens is 925 g/mol. The lowest BCUT2D eigenvalue weighted by Gasteiger charge is -2.42. The van der Waals surface area contributed by atoms with Crippen molar-refractivity contribution in [1.29, 1.82) is 0 Å². The molecule has 5 heterocycles. The van der Waals surface area contributed by atoms with Crippen LogP contribution in [0.4, 0.5) is 19.4 Å². The molecule has 2 bridgehead atoms. The minimum absolute atomic E-state index is 0.0473. The highest BCUT2D eigenvalue weighted by Gasteiger charge is 2.48. The average molecular weight is 989 g/mol. The molecule has 1 unspecified atom stereocenters. The molecule has 2 aromatic heterocycles. The Kier molecular flexibility index (Phi) is 11.6. The number of aryl methyl sites for hydroxylation is 1. The molecule has 5 aromatic rings. The summed E-state index contributed by atoms with van der Waals surface area (Å²) in [6, 6.07) is 10.0. The number of piperazine rings is 1. The van der Waals surface area contributed by atoms with Gasteiger partial charge in [0, 0.05) is 84.8 Å². The first-order chi connectivity index (χ1) is 35.4. The molecule has 3 aliphatic heterocycles. The van der Waals surface area contributed by atoms with Crippen LogP contribution >= 0.6 is 0 Å². The monoisotopic (exact) mass is 988 g/mol. The third-order valence-corrected chi connectivity index (χ3v) is 14.7. The number of benzene rings is 3. The maximum Gasteiger partial charge on any atom is 0.410 e. The van der Waals surface area contributed by atoms with Crippen molar-refractivity contribution in [2.24, 2.45) is 16.0 Å². The SMILES string of the molecule is [2H]C([2H])([2H])ON=C1CCN(CC2(COc3nc(N4C[C@H]5CC[C@@H](C4)N5C(=O)OC(C)(C)C)c4cnc(-c5cc(OC6C(=O)C(=O)c7cccc(C(=O)C(C)(C)C)c76)cc6ccc(F)c(CC)c56)c(F)c4n3)CC2)CC1. The molecule has 3 saturated heterocycles. The van der Waals surface area contributed by atoms with E-state index in [0.29, 0.717) is 67.9 Å². The molecular formula is C55H61F2N7O8. The molecule has 0 N–H and O–H groups in total. The summed E-state index contributed by atoms with van der Waals surface area (Å²) in [6.07, 6.45) is 4.13. The third-order valence-electron chi connectivity index (χ3n) is 14.7. The van der Waals surface area contributed by atoms with Crippen LogP contribution < -0.4 is 14.4 Å². The summed E-state index contributed by atoms with van der Waals surface area (Å²) < 4.78 is 74.6. The number of carbonyl (C=O) groups excluding carboxylic acids is 4. The van der Waals surface area contributed by atoms with Gasteiger partial charge in [0.25, 0.3) is 0 Å². The van der Waals surface area contributed by atoms with Crippen molar-refractivity contribution in [2.75, 3.05) is 51.3 Å². The van der Waals surface area contributed by atoms with E-state index in [1.165, 1.54) is 30.5 Å². The Labute approximate surface area is 421 Å². The number of pyridine rings is 1. The van der Waals surface area contributed by atoms with E-state index in [1.54, 1.807) is 50.8 Å². The second-order valence-corrected chi connectivity index (χ2v) is 22.0. The quantitative estimate of drug-likeness (QED) is 0.0660. The van der Waals surface area contributed by atoms with E-state index in [4.69, 9.17) is 38.1 Å². The first-order valence-corrected chi connectivity index (χ1v) is 24.8. The lowest BCUT2D eigenvalue weighted by atomic mass is 9.83. The second kappa shape index (κ2) is 18.5. The number of aromatic nitrogens is 3. The van der Waals surface area contributed by atoms with Gasteiger partial charge in [-0.3, -0.25) is 24.3 Å². The molecule has 1 saturated carbocycles. The van der Waals surface area contributed by atoms with Crippen molar-refractivity contribution in [3.8, 4) is 23.0 Å². The molecule has 2 aliphatic carbocycles. The first kappa shape index (κ1) is 45.3. The van der Waals surface area contributed by atoms with Crippen LogP contribution in [-0.4, -0.2) is 118 Å². The van der Waals surface area contributed by atoms with Gasteiger partial charge in [0.2, 0.25) is 11.6 Å². The van der Waals surface area contributed by atoms with Gasteiger partial charge in [-0.2, -0.15) is 9.97 Å². The smallest absolute Gasteiger partial charge is 0.410 e. The summed E-state index contributed by atoms with van der Waals surface area (Å²) in [6.45, 7) is 15.5. The van der Waals surface area contributed by atoms with Crippen molar-refractivity contribution in [2.45, 2.75) is 117 Å². The zero-order chi connectivity index (χ0) is 53.5. The lowest BCUT2D eigenvalue weighted by molar-refractivity contribution is -0.120. The molecule has 378 valence electrons. The predicted octanol–water partition coefficient (Wildman–Crippen LogP) is 9.65. The second-order valence-electron chi connectivity index (χ2n) is 22.0. The lowest BCUT2D eigenvalue weighted by Crippen LogP contribution is -2.57. The number of hydrogen-bond acceptors (Lipinski definition) is 14. The number of fused-ring (bicyclic) bond motifs is 5. The third kappa shape index (κ3) is 9.13. The summed E-state index contributed by atoms with van der Waals surface area (Å²) in [4.78, 5) is 79.8. The van der Waals surface area contributed by atoms with Crippen molar-refractivity contribution in [3.63, 3.8) is 0 Å². The van der Waals surface area contributed by atoms with Crippen molar-refractivity contribution in [1.82, 2.24) is 24.8 Å². The van der Waals surface area contributed by atoms with Gasteiger partial charge in [-0.05, 0) is 87.4 Å². The number of halogens is 2. The van der Waals surface area contributed by atoms with Gasteiger partial charge in [-0.1, -0.05) is 57.1 Å². The normalized spacial score (nSPS) is 21.6. The van der Waals surface area contributed by atoms with Crippen LogP contribution in [0.3, 0.4) is 0 Å². The van der Waals surface area contributed by atoms with Crippen LogP contribution in [0.1, 0.15) is 129 Å². The van der Waals surface area contributed by atoms with E-state index in [9.17, 15) is 19.2 Å². The molecule has 15 nitrogen and oxygen atoms in total. The Morgan fingerprint density at radius 2 is 1.69 bits per heavy atom. The first-order valence-electron chi connectivity index (χ1n) is 26.3. The maximum atomic E-state index is 18.1. The van der Waals surface area contributed by atoms with E-state index >= 15 is 8.78 Å². The van der Waals surface area contributed by atoms with Crippen LogP contribution in [0.2, 0.25) is 0 Å². The fraction of sp³-hybridized carbons (Fsp3) is 0.491. The topological polar surface area (TPSA) is 166 Å². The van der Waals surface area contributed by atoms with Crippen molar-refractivity contribution < 1.29 is 51.1 Å². The van der Waals surface area contributed by atoms with E-state index in [0.717, 1.165) is 25.7 Å². The molecule has 3 aromatic carbocycles. The Balaban J connectivity index is 1.03. The van der Waals surface area contributed by atoms with Crippen molar-refractivity contribution >= 4 is 56.6 Å². The highest BCUT2D eigenvalue weighted by atomic mass is 19.1. The number of Topliss-reactive ketones (excluding diaryl/α,β-unsaturated/α-hetero) is 3. The molecule has 5 aliphatic rings. The van der Waals surface area contributed by atoms with Gasteiger partial charge in [0.1, 0.15) is 41.2 Å². The van der Waals surface area contributed by atoms with Crippen LogP contribution in [0, 0.1) is 22.5 Å². The summed E-state index contributed by atoms with van der Waals surface area (Å²) in [7, 11) is -2.61. The fourth-order valence-corrected chi connectivity index (χ4v) is 10.9. The Morgan fingerprint density at radius 3 is 2.36 bits per heavy atom. The summed E-state index contributed by atoms with van der Waals surface area (Å²) in [5, 5.41) is 4.94. The van der Waals surface area contributed by atoms with Crippen molar-refractivity contribution in [3.05, 3.63) is 82.5 Å². The highest BCUT2D eigenvalue weighted by Crippen LogP contribution is 2.48. The standard InChI is InChI=1S/C55H61F2N7O8/c1-9-35-40(56)16-13-30-23-34(71-48-42-36(46(65)47(48)66)11-10-12-37(42)49(67)53(2,3)4)24-38(41(30)35)44-43(57)45-39(25-58-44)50(63-26-32-14-15-33(27-63)64(32)52(68)72-54(5,6)7)60-51(59-45)70-29-55(19-20-55)28-62-21-17-31(18-22-62)61-69-8/h10-13,16,23-25,32-33,48H,9,14-15,17-22,26-29H2,1-8H3/t32-,33+,48?/i8D3. The van der Waals surface area contributed by atoms with Gasteiger partial charge in [-0.25, -0.2) is 13.6 Å². The average Bonchev–Trinajstić information content (AvgIpc) is 4.02. The molecule has 0 radical (unpaired) electrons. The van der Waals surface area contributed by atoms with Gasteiger partial charge in [0.05, 0.1) is 33.9 Å². The Hall–Kier alpha value is -6.62. The molecule has 4 fully saturated rings. The number of likely N-dealkylation sites (tertiary alicyclic amines) is 1. The largest absolute Gasteiger partial charge is 0.477 e. The number of rotatable bonds is 12. The van der Waals surface area contributed by atoms with E-state index in [-0.39, 0.29) is 92.5 Å². The number of ether oxygens (including phenoxy) is 3. The molecule has 17 heteroatoms. The van der Waals surface area contributed by atoms with E-state index < -0.39 is 53.5 Å². The molecule has 10 rings (SSSR count). The van der Waals surface area contributed by atoms with Crippen LogP contribution in [-0.2, 0) is 20.8 Å². The minimum atomic E-state index is -2.61. The number of nitrogens with zero attached hydrogens (tertiary/aromatic N) is 7. The van der Waals surface area contributed by atoms with Gasteiger partial charge in [0.15, 0.2) is 17.7 Å². The number of anilines is 1. The van der Waals surface area contributed by atoms with E-state index in [2.05, 4.69) is 10.1 Å². The number of carbonyl (C=O) groups is 4. The van der Waals surface area contributed by atoms with Crippen LogP contribution in [0.15, 0.2) is 53.8 Å². The molecule has 72 heavy (non-hydrogen) atoms. The number of hydrogen-bond donors (Lipinski definition) is 0. The predicted molar refractivity (Wildman–Crippen MR) is 267 cm³/mol. The molecule has 1 amide bonds. The van der Waals surface area contributed by atoms with Gasteiger partial charge < -0.3 is 28.8 Å². The number of piperidine rings is 1. The van der Waals surface area contributed by atoms with Gasteiger partial charge in [-0.15, -0.1) is 0 Å². The van der Waals surface area contributed by atoms with Crippen LogP contribution in [0.25, 0.3) is 32.9 Å². The number of amides is 1. The zero-order valence-electron chi connectivity index (χ0n) is 44.7. The number of ketones is 3. The molecule has 3 atom stereocenters. The summed E-state index contributed by atoms with van der Waals surface area (Å²) in [5.74, 6) is -2.92. The zero-order valence-corrected chi connectivity index (χ0v) is 41.7. The highest BCUT2D eigenvalue weighted by molar-refractivity contribution is 6.49. The maximum absolute atomic E-state index is 18.1.